The third kappa shape index (κ3) is 4.19. The Morgan fingerprint density at radius 2 is 1.97 bits per heavy atom. The van der Waals surface area contributed by atoms with Crippen molar-refractivity contribution in [3.63, 3.8) is 0 Å². The Balaban J connectivity index is 1.64. The molecule has 8 nitrogen and oxygen atoms in total. The smallest absolute Gasteiger partial charge is 0.260 e. The molecule has 0 saturated carbocycles. The van der Waals surface area contributed by atoms with Crippen LogP contribution in [0.4, 0.5) is 5.13 Å². The molecule has 0 unspecified atom stereocenters. The highest BCUT2D eigenvalue weighted by atomic mass is 32.2. The summed E-state index contributed by atoms with van der Waals surface area (Å²) in [5.74, 6) is -0.217. The van der Waals surface area contributed by atoms with Crippen LogP contribution in [0.5, 0.6) is 0 Å². The summed E-state index contributed by atoms with van der Waals surface area (Å²) in [7, 11) is -3.27. The lowest BCUT2D eigenvalue weighted by molar-refractivity contribution is 0.0990. The molecule has 0 N–H and O–H groups in total. The molecule has 0 aliphatic heterocycles. The van der Waals surface area contributed by atoms with Crippen molar-refractivity contribution in [2.45, 2.75) is 18.4 Å². The molecule has 4 rings (SSSR count). The van der Waals surface area contributed by atoms with Gasteiger partial charge in [0.15, 0.2) is 15.0 Å². The average Bonchev–Trinajstić information content (AvgIpc) is 3.43. The SMILES string of the molecule is C=CCN(C(=O)c1ccc2c(c1)nnn2CC)c1nc(-c2ccc(S(C)(=O)=O)cc2)cs1. The predicted octanol–water partition coefficient (Wildman–Crippen LogP) is 3.81. The molecule has 0 saturated heterocycles. The van der Waals surface area contributed by atoms with E-state index in [2.05, 4.69) is 21.9 Å². The van der Waals surface area contributed by atoms with Gasteiger partial charge < -0.3 is 0 Å². The monoisotopic (exact) mass is 467 g/mol. The standard InChI is InChI=1S/C22H21N5O3S2/c1-4-12-26(21(28)16-8-11-20-18(13-16)24-25-27(20)5-2)22-23-19(14-31-22)15-6-9-17(10-7-15)32(3,29)30/h4,6-11,13-14H,1,5,12H2,2-3H3. The highest BCUT2D eigenvalue weighted by molar-refractivity contribution is 7.90. The molecular formula is C22H21N5O3S2. The fourth-order valence-electron chi connectivity index (χ4n) is 3.27. The second-order valence-electron chi connectivity index (χ2n) is 7.12. The number of rotatable bonds is 7. The highest BCUT2D eigenvalue weighted by Gasteiger charge is 2.21. The van der Waals surface area contributed by atoms with Crippen molar-refractivity contribution in [2.24, 2.45) is 0 Å². The van der Waals surface area contributed by atoms with Crippen molar-refractivity contribution in [2.75, 3.05) is 17.7 Å². The summed E-state index contributed by atoms with van der Waals surface area (Å²) in [4.78, 5) is 19.7. The quantitative estimate of drug-likeness (QED) is 0.383. The summed E-state index contributed by atoms with van der Waals surface area (Å²) in [6, 6.07) is 11.8. The molecule has 0 aliphatic carbocycles. The highest BCUT2D eigenvalue weighted by Crippen LogP contribution is 2.29. The molecule has 2 aromatic carbocycles. The van der Waals surface area contributed by atoms with Crippen LogP contribution in [-0.4, -0.2) is 47.1 Å². The molecule has 32 heavy (non-hydrogen) atoms. The van der Waals surface area contributed by atoms with Gasteiger partial charge in [0.05, 0.1) is 16.1 Å². The first-order valence-electron chi connectivity index (χ1n) is 9.84. The zero-order valence-corrected chi connectivity index (χ0v) is 19.2. The topological polar surface area (TPSA) is 98.1 Å². The number of anilines is 1. The van der Waals surface area contributed by atoms with E-state index in [0.717, 1.165) is 11.1 Å². The minimum Gasteiger partial charge on any atom is -0.280 e. The molecule has 0 atom stereocenters. The lowest BCUT2D eigenvalue weighted by atomic mass is 10.1. The molecule has 0 aliphatic rings. The third-order valence-electron chi connectivity index (χ3n) is 4.92. The van der Waals surface area contributed by atoms with Crippen LogP contribution < -0.4 is 4.90 Å². The number of aryl methyl sites for hydroxylation is 1. The molecule has 0 fully saturated rings. The average molecular weight is 468 g/mol. The first-order chi connectivity index (χ1) is 15.3. The van der Waals surface area contributed by atoms with Gasteiger partial charge in [0.2, 0.25) is 0 Å². The van der Waals surface area contributed by atoms with Crippen molar-refractivity contribution in [1.82, 2.24) is 20.0 Å². The van der Waals surface area contributed by atoms with Crippen molar-refractivity contribution < 1.29 is 13.2 Å². The molecule has 10 heteroatoms. The van der Waals surface area contributed by atoms with Gasteiger partial charge in [-0.2, -0.15) is 0 Å². The van der Waals surface area contributed by atoms with Crippen LogP contribution in [0.15, 0.2) is 65.4 Å². The van der Waals surface area contributed by atoms with Crippen LogP contribution in [0.2, 0.25) is 0 Å². The minimum absolute atomic E-state index is 0.217. The number of carbonyl (C=O) groups excluding carboxylic acids is 1. The van der Waals surface area contributed by atoms with E-state index in [1.54, 1.807) is 52.1 Å². The minimum atomic E-state index is -3.27. The van der Waals surface area contributed by atoms with Crippen LogP contribution in [0.3, 0.4) is 0 Å². The number of hydrogen-bond donors (Lipinski definition) is 0. The van der Waals surface area contributed by atoms with E-state index >= 15 is 0 Å². The maximum Gasteiger partial charge on any atom is 0.260 e. The largest absolute Gasteiger partial charge is 0.280 e. The van der Waals surface area contributed by atoms with E-state index in [9.17, 15) is 13.2 Å². The zero-order chi connectivity index (χ0) is 22.9. The zero-order valence-electron chi connectivity index (χ0n) is 17.6. The summed E-state index contributed by atoms with van der Waals surface area (Å²) in [5, 5.41) is 10.6. The second kappa shape index (κ2) is 8.64. The third-order valence-corrected chi connectivity index (χ3v) is 6.91. The van der Waals surface area contributed by atoms with Gasteiger partial charge in [0, 0.05) is 35.9 Å². The molecule has 2 aromatic heterocycles. The van der Waals surface area contributed by atoms with E-state index in [1.165, 1.54) is 17.6 Å². The van der Waals surface area contributed by atoms with Gasteiger partial charge in [0.25, 0.3) is 5.91 Å². The van der Waals surface area contributed by atoms with Gasteiger partial charge in [-0.15, -0.1) is 23.0 Å². The Labute approximate surface area is 189 Å². The lowest BCUT2D eigenvalue weighted by Gasteiger charge is -2.18. The number of aromatic nitrogens is 4. The van der Waals surface area contributed by atoms with E-state index < -0.39 is 9.84 Å². The van der Waals surface area contributed by atoms with Crippen LogP contribution in [0, 0.1) is 0 Å². The molecule has 0 bridgehead atoms. The van der Waals surface area contributed by atoms with Crippen LogP contribution in [0.1, 0.15) is 17.3 Å². The Morgan fingerprint density at radius 3 is 2.62 bits per heavy atom. The number of carbonyl (C=O) groups is 1. The summed E-state index contributed by atoms with van der Waals surface area (Å²) in [6.07, 6.45) is 2.81. The Bertz CT molecular complexity index is 1410. The van der Waals surface area contributed by atoms with E-state index in [-0.39, 0.29) is 10.8 Å². The first kappa shape index (κ1) is 21.8. The summed E-state index contributed by atoms with van der Waals surface area (Å²) in [6.45, 7) is 6.73. The first-order valence-corrected chi connectivity index (χ1v) is 12.6. The summed E-state index contributed by atoms with van der Waals surface area (Å²) in [5.41, 5.74) is 3.43. The number of sulfone groups is 1. The fraction of sp³-hybridized carbons (Fsp3) is 0.182. The molecule has 1 amide bonds. The van der Waals surface area contributed by atoms with Crippen molar-refractivity contribution in [1.29, 1.82) is 0 Å². The van der Waals surface area contributed by atoms with Gasteiger partial charge in [-0.3, -0.25) is 9.69 Å². The van der Waals surface area contributed by atoms with Gasteiger partial charge in [-0.05, 0) is 37.3 Å². The van der Waals surface area contributed by atoms with Crippen LogP contribution in [-0.2, 0) is 16.4 Å². The molecule has 2 heterocycles. The van der Waals surface area contributed by atoms with Gasteiger partial charge >= 0.3 is 0 Å². The van der Waals surface area contributed by atoms with E-state index in [0.29, 0.717) is 35.0 Å². The molecule has 164 valence electrons. The Morgan fingerprint density at radius 1 is 1.22 bits per heavy atom. The van der Waals surface area contributed by atoms with Gasteiger partial charge in [-0.25, -0.2) is 18.1 Å². The second-order valence-corrected chi connectivity index (χ2v) is 9.98. The lowest BCUT2D eigenvalue weighted by Crippen LogP contribution is -2.31. The number of thiazole rings is 1. The fourth-order valence-corrected chi connectivity index (χ4v) is 4.74. The summed E-state index contributed by atoms with van der Waals surface area (Å²) < 4.78 is 25.1. The summed E-state index contributed by atoms with van der Waals surface area (Å²) >= 11 is 1.33. The van der Waals surface area contributed by atoms with Gasteiger partial charge in [0.1, 0.15) is 5.52 Å². The van der Waals surface area contributed by atoms with Crippen LogP contribution in [0.25, 0.3) is 22.3 Å². The number of benzene rings is 2. The Kier molecular flexibility index (Phi) is 5.90. The Hall–Kier alpha value is -3.37. The van der Waals surface area contributed by atoms with E-state index in [4.69, 9.17) is 0 Å². The van der Waals surface area contributed by atoms with Crippen molar-refractivity contribution >= 4 is 43.2 Å². The number of fused-ring (bicyclic) bond motifs is 1. The van der Waals surface area contributed by atoms with Crippen molar-refractivity contribution in [3.05, 3.63) is 66.1 Å². The molecule has 4 aromatic rings. The predicted molar refractivity (Wildman–Crippen MR) is 126 cm³/mol. The van der Waals surface area contributed by atoms with Gasteiger partial charge in [-0.1, -0.05) is 23.4 Å². The van der Waals surface area contributed by atoms with Crippen molar-refractivity contribution in [3.8, 4) is 11.3 Å². The normalized spacial score (nSPS) is 11.6. The van der Waals surface area contributed by atoms with E-state index in [1.807, 2.05) is 18.4 Å². The van der Waals surface area contributed by atoms with Crippen LogP contribution >= 0.6 is 11.3 Å². The number of amides is 1. The molecule has 0 spiro atoms. The maximum absolute atomic E-state index is 13.3. The number of hydrogen-bond acceptors (Lipinski definition) is 7. The maximum atomic E-state index is 13.3. The molecule has 0 radical (unpaired) electrons. The molecular weight excluding hydrogens is 446 g/mol. The number of nitrogens with zero attached hydrogens (tertiary/aromatic N) is 5.